The smallest absolute Gasteiger partial charge is 0.343 e. The Hall–Kier alpha value is -3.85. The molecule has 162 valence electrons. The number of carbonyl (C=O) groups excluding carboxylic acids is 3. The molecule has 0 saturated carbocycles. The number of amides is 2. The van der Waals surface area contributed by atoms with Gasteiger partial charge in [-0.1, -0.05) is 45.8 Å². The van der Waals surface area contributed by atoms with Gasteiger partial charge >= 0.3 is 17.8 Å². The fourth-order valence-electron chi connectivity index (χ4n) is 2.50. The number of anilines is 1. The normalized spacial score (nSPS) is 10.6. The van der Waals surface area contributed by atoms with E-state index in [1.807, 2.05) is 19.1 Å². The van der Waals surface area contributed by atoms with E-state index in [9.17, 15) is 18.8 Å². The van der Waals surface area contributed by atoms with Crippen LogP contribution < -0.4 is 15.5 Å². The Bertz CT molecular complexity index is 1200. The molecule has 0 fully saturated rings. The number of ether oxygens (including phenoxy) is 1. The number of nitrogens with one attached hydrogen (secondary N) is 2. The maximum atomic E-state index is 13.8. The lowest BCUT2D eigenvalue weighted by molar-refractivity contribution is -0.136. The number of aryl methyl sites for hydroxylation is 1. The van der Waals surface area contributed by atoms with Crippen molar-refractivity contribution in [2.45, 2.75) is 6.92 Å². The molecule has 2 N–H and O–H groups in total. The third kappa shape index (κ3) is 6.32. The molecule has 3 aromatic rings. The molecular weight excluding hydrogens is 481 g/mol. The summed E-state index contributed by atoms with van der Waals surface area (Å²) in [5, 5.41) is 5.86. The van der Waals surface area contributed by atoms with Gasteiger partial charge in [0.15, 0.2) is 0 Å². The zero-order valence-electron chi connectivity index (χ0n) is 16.8. The van der Waals surface area contributed by atoms with E-state index in [0.717, 1.165) is 11.6 Å². The molecule has 2 amide bonds. The van der Waals surface area contributed by atoms with Gasteiger partial charge in [0.2, 0.25) is 0 Å². The third-order valence-electron chi connectivity index (χ3n) is 4.12. The summed E-state index contributed by atoms with van der Waals surface area (Å²) in [7, 11) is 0. The fraction of sp³-hybridized carbons (Fsp3) is 0.0435. The third-order valence-corrected chi connectivity index (χ3v) is 4.61. The Kier molecular flexibility index (Phi) is 7.45. The SMILES string of the molecule is Cc1ccc(C(=O)Oc2cccc(/C=N/NC(=O)C(=O)Nc3ccc(Br)cc3F)c2)cc1. The second kappa shape index (κ2) is 10.5. The maximum Gasteiger partial charge on any atom is 0.343 e. The standard InChI is InChI=1S/C23H17BrFN3O4/c1-14-5-7-16(8-6-14)23(31)32-18-4-2-3-15(11-18)13-26-28-22(30)21(29)27-20-10-9-17(24)12-19(20)25/h2-13H,1H3,(H,27,29)(H,28,30)/b26-13+. The van der Waals surface area contributed by atoms with Gasteiger partial charge in [-0.3, -0.25) is 9.59 Å². The predicted octanol–water partition coefficient (Wildman–Crippen LogP) is 4.20. The first kappa shape index (κ1) is 22.8. The second-order valence-corrected chi connectivity index (χ2v) is 7.52. The molecular formula is C23H17BrFN3O4. The van der Waals surface area contributed by atoms with E-state index in [4.69, 9.17) is 4.74 Å². The molecule has 0 saturated heterocycles. The van der Waals surface area contributed by atoms with Gasteiger partial charge in [0.25, 0.3) is 0 Å². The average Bonchev–Trinajstić information content (AvgIpc) is 2.76. The van der Waals surface area contributed by atoms with Gasteiger partial charge in [-0.05, 0) is 55.0 Å². The maximum absolute atomic E-state index is 13.8. The Balaban J connectivity index is 1.57. The van der Waals surface area contributed by atoms with Gasteiger partial charge in [-0.15, -0.1) is 0 Å². The molecule has 0 radical (unpaired) electrons. The molecule has 32 heavy (non-hydrogen) atoms. The number of halogens is 2. The first-order chi connectivity index (χ1) is 15.3. The van der Waals surface area contributed by atoms with Crippen LogP contribution in [-0.2, 0) is 9.59 Å². The Morgan fingerprint density at radius 3 is 2.47 bits per heavy atom. The van der Waals surface area contributed by atoms with E-state index in [2.05, 4.69) is 31.8 Å². The average molecular weight is 498 g/mol. The van der Waals surface area contributed by atoms with Crippen LogP contribution in [0.25, 0.3) is 0 Å². The van der Waals surface area contributed by atoms with E-state index in [-0.39, 0.29) is 11.4 Å². The molecule has 0 heterocycles. The number of hydrazone groups is 1. The number of esters is 1. The van der Waals surface area contributed by atoms with E-state index < -0.39 is 23.6 Å². The molecule has 0 spiro atoms. The minimum atomic E-state index is -1.08. The summed E-state index contributed by atoms with van der Waals surface area (Å²) in [5.41, 5.74) is 3.86. The molecule has 0 bridgehead atoms. The number of hydrogen-bond acceptors (Lipinski definition) is 5. The minimum absolute atomic E-state index is 0.138. The molecule has 0 atom stereocenters. The topological polar surface area (TPSA) is 96.9 Å². The lowest BCUT2D eigenvalue weighted by atomic mass is 10.1. The lowest BCUT2D eigenvalue weighted by Gasteiger charge is -2.06. The van der Waals surface area contributed by atoms with Crippen LogP contribution in [0.4, 0.5) is 10.1 Å². The van der Waals surface area contributed by atoms with E-state index in [1.54, 1.807) is 36.4 Å². The molecule has 0 unspecified atom stereocenters. The Morgan fingerprint density at radius 2 is 1.75 bits per heavy atom. The highest BCUT2D eigenvalue weighted by molar-refractivity contribution is 9.10. The predicted molar refractivity (Wildman–Crippen MR) is 121 cm³/mol. The lowest BCUT2D eigenvalue weighted by Crippen LogP contribution is -2.32. The van der Waals surface area contributed by atoms with Gasteiger partial charge in [-0.25, -0.2) is 14.6 Å². The Labute approximate surface area is 191 Å². The van der Waals surface area contributed by atoms with Crippen molar-refractivity contribution >= 4 is 45.6 Å². The van der Waals surface area contributed by atoms with Crippen LogP contribution in [0.5, 0.6) is 5.75 Å². The zero-order valence-corrected chi connectivity index (χ0v) is 18.4. The fourth-order valence-corrected chi connectivity index (χ4v) is 2.83. The number of benzene rings is 3. The first-order valence-electron chi connectivity index (χ1n) is 9.30. The summed E-state index contributed by atoms with van der Waals surface area (Å²) >= 11 is 3.10. The van der Waals surface area contributed by atoms with E-state index in [1.165, 1.54) is 18.3 Å². The van der Waals surface area contributed by atoms with Crippen molar-refractivity contribution < 1.29 is 23.5 Å². The highest BCUT2D eigenvalue weighted by Gasteiger charge is 2.15. The quantitative estimate of drug-likeness (QED) is 0.181. The van der Waals surface area contributed by atoms with Crippen molar-refractivity contribution in [2.24, 2.45) is 5.10 Å². The van der Waals surface area contributed by atoms with Crippen LogP contribution in [0.2, 0.25) is 0 Å². The van der Waals surface area contributed by atoms with Crippen molar-refractivity contribution in [1.29, 1.82) is 0 Å². The van der Waals surface area contributed by atoms with Crippen molar-refractivity contribution in [1.82, 2.24) is 5.43 Å². The van der Waals surface area contributed by atoms with E-state index >= 15 is 0 Å². The molecule has 0 aromatic heterocycles. The summed E-state index contributed by atoms with van der Waals surface area (Å²) in [6.45, 7) is 1.92. The largest absolute Gasteiger partial charge is 0.423 e. The molecule has 3 rings (SSSR count). The van der Waals surface area contributed by atoms with Crippen LogP contribution in [0, 0.1) is 12.7 Å². The van der Waals surface area contributed by atoms with E-state index in [0.29, 0.717) is 15.6 Å². The van der Waals surface area contributed by atoms with Crippen LogP contribution in [0.1, 0.15) is 21.5 Å². The zero-order chi connectivity index (χ0) is 23.1. The van der Waals surface area contributed by atoms with Gasteiger partial charge < -0.3 is 10.1 Å². The van der Waals surface area contributed by atoms with Crippen LogP contribution in [0.15, 0.2) is 76.3 Å². The Morgan fingerprint density at radius 1 is 1.00 bits per heavy atom. The van der Waals surface area contributed by atoms with Gasteiger partial charge in [0, 0.05) is 4.47 Å². The van der Waals surface area contributed by atoms with Crippen molar-refractivity contribution in [3.63, 3.8) is 0 Å². The van der Waals surface area contributed by atoms with Crippen LogP contribution in [-0.4, -0.2) is 24.0 Å². The second-order valence-electron chi connectivity index (χ2n) is 6.61. The molecule has 3 aromatic carbocycles. The summed E-state index contributed by atoms with van der Waals surface area (Å²) < 4.78 is 19.6. The molecule has 0 aliphatic carbocycles. The van der Waals surface area contributed by atoms with Crippen molar-refractivity contribution in [2.75, 3.05) is 5.32 Å². The summed E-state index contributed by atoms with van der Waals surface area (Å²) in [6.07, 6.45) is 1.27. The minimum Gasteiger partial charge on any atom is -0.423 e. The summed E-state index contributed by atoms with van der Waals surface area (Å²) in [5.74, 6) is -3.07. The molecule has 9 heteroatoms. The van der Waals surface area contributed by atoms with Crippen LogP contribution in [0.3, 0.4) is 0 Å². The first-order valence-corrected chi connectivity index (χ1v) is 10.1. The number of carbonyl (C=O) groups is 3. The molecule has 0 aliphatic heterocycles. The highest BCUT2D eigenvalue weighted by Crippen LogP contribution is 2.19. The number of nitrogens with zero attached hydrogens (tertiary/aromatic N) is 1. The highest BCUT2D eigenvalue weighted by atomic mass is 79.9. The number of rotatable bonds is 5. The number of hydrogen-bond donors (Lipinski definition) is 2. The molecule has 7 nitrogen and oxygen atoms in total. The van der Waals surface area contributed by atoms with Crippen LogP contribution >= 0.6 is 15.9 Å². The summed E-state index contributed by atoms with van der Waals surface area (Å²) in [4.78, 5) is 36.0. The monoisotopic (exact) mass is 497 g/mol. The van der Waals surface area contributed by atoms with Crippen molar-refractivity contribution in [3.05, 3.63) is 93.7 Å². The summed E-state index contributed by atoms with van der Waals surface area (Å²) in [6, 6.07) is 17.4. The molecule has 0 aliphatic rings. The van der Waals surface area contributed by atoms with Gasteiger partial charge in [0.1, 0.15) is 11.6 Å². The van der Waals surface area contributed by atoms with Crippen molar-refractivity contribution in [3.8, 4) is 5.75 Å². The van der Waals surface area contributed by atoms with Gasteiger partial charge in [-0.2, -0.15) is 5.10 Å². The van der Waals surface area contributed by atoms with Gasteiger partial charge in [0.05, 0.1) is 17.5 Å².